The summed E-state index contributed by atoms with van der Waals surface area (Å²) in [6, 6.07) is 7.92. The Kier molecular flexibility index (Phi) is 5.52. The molecule has 0 aliphatic carbocycles. The van der Waals surface area contributed by atoms with E-state index in [9.17, 15) is 23.6 Å². The van der Waals surface area contributed by atoms with Gasteiger partial charge in [-0.3, -0.25) is 9.59 Å². The first-order chi connectivity index (χ1) is 13.4. The summed E-state index contributed by atoms with van der Waals surface area (Å²) >= 11 is 0.999. The van der Waals surface area contributed by atoms with Gasteiger partial charge >= 0.3 is 0 Å². The highest BCUT2D eigenvalue weighted by atomic mass is 32.1. The fourth-order valence-electron chi connectivity index (χ4n) is 2.46. The maximum atomic E-state index is 13.9. The zero-order valence-electron chi connectivity index (χ0n) is 14.5. The third-order valence-electron chi connectivity index (χ3n) is 3.78. The van der Waals surface area contributed by atoms with E-state index in [-0.39, 0.29) is 16.2 Å². The Balaban J connectivity index is 1.76. The van der Waals surface area contributed by atoms with Crippen LogP contribution in [0.1, 0.15) is 37.4 Å². The first-order valence-electron chi connectivity index (χ1n) is 7.99. The van der Waals surface area contributed by atoms with Crippen LogP contribution in [0.3, 0.4) is 0 Å². The number of amides is 2. The van der Waals surface area contributed by atoms with Gasteiger partial charge in [-0.25, -0.2) is 8.78 Å². The average Bonchev–Trinajstić information content (AvgIpc) is 3.30. The van der Waals surface area contributed by atoms with Crippen molar-refractivity contribution < 1.29 is 22.8 Å². The van der Waals surface area contributed by atoms with Crippen molar-refractivity contribution in [3.8, 4) is 6.07 Å². The minimum Gasteiger partial charge on any atom is -0.459 e. The van der Waals surface area contributed by atoms with Crippen LogP contribution in [0.25, 0.3) is 0 Å². The second-order valence-corrected chi connectivity index (χ2v) is 6.81. The fourth-order valence-corrected chi connectivity index (χ4v) is 3.43. The SMILES string of the molecule is Cc1cc(NC(=O)c2ccco2)sc1C(=O)NC(C#N)c1ccc(F)cc1F. The number of nitriles is 1. The molecule has 2 heterocycles. The van der Waals surface area contributed by atoms with Crippen LogP contribution in [0.4, 0.5) is 13.8 Å². The minimum absolute atomic E-state index is 0.119. The lowest BCUT2D eigenvalue weighted by Crippen LogP contribution is -2.28. The van der Waals surface area contributed by atoms with Crippen molar-refractivity contribution in [3.63, 3.8) is 0 Å². The molecule has 2 aromatic heterocycles. The molecular weight excluding hydrogens is 388 g/mol. The van der Waals surface area contributed by atoms with E-state index in [1.54, 1.807) is 25.1 Å². The first kappa shape index (κ1) is 19.3. The van der Waals surface area contributed by atoms with E-state index in [0.29, 0.717) is 16.6 Å². The van der Waals surface area contributed by atoms with Crippen LogP contribution in [-0.2, 0) is 0 Å². The van der Waals surface area contributed by atoms with Crippen LogP contribution in [-0.4, -0.2) is 11.8 Å². The van der Waals surface area contributed by atoms with Gasteiger partial charge in [0.25, 0.3) is 11.8 Å². The van der Waals surface area contributed by atoms with E-state index in [4.69, 9.17) is 4.42 Å². The van der Waals surface area contributed by atoms with Gasteiger partial charge in [0.05, 0.1) is 22.2 Å². The largest absolute Gasteiger partial charge is 0.459 e. The van der Waals surface area contributed by atoms with E-state index in [0.717, 1.165) is 23.5 Å². The second-order valence-electron chi connectivity index (χ2n) is 5.76. The summed E-state index contributed by atoms with van der Waals surface area (Å²) in [6.45, 7) is 1.66. The van der Waals surface area contributed by atoms with Crippen molar-refractivity contribution in [1.82, 2.24) is 5.32 Å². The van der Waals surface area contributed by atoms with Gasteiger partial charge in [-0.1, -0.05) is 6.07 Å². The van der Waals surface area contributed by atoms with Crippen molar-refractivity contribution >= 4 is 28.2 Å². The van der Waals surface area contributed by atoms with E-state index in [1.807, 2.05) is 0 Å². The number of halogens is 2. The van der Waals surface area contributed by atoms with Crippen molar-refractivity contribution in [2.45, 2.75) is 13.0 Å². The maximum Gasteiger partial charge on any atom is 0.291 e. The summed E-state index contributed by atoms with van der Waals surface area (Å²) in [5.41, 5.74) is 0.423. The fraction of sp³-hybridized carbons (Fsp3) is 0.105. The number of nitrogens with zero attached hydrogens (tertiary/aromatic N) is 1. The first-order valence-corrected chi connectivity index (χ1v) is 8.81. The monoisotopic (exact) mass is 401 g/mol. The molecule has 0 bridgehead atoms. The molecule has 1 unspecified atom stereocenters. The Bertz CT molecular complexity index is 1070. The number of hydrogen-bond acceptors (Lipinski definition) is 5. The normalized spacial score (nSPS) is 11.5. The topological polar surface area (TPSA) is 95.1 Å². The van der Waals surface area contributed by atoms with Crippen molar-refractivity contribution in [3.05, 3.63) is 76.1 Å². The van der Waals surface area contributed by atoms with Crippen molar-refractivity contribution in [2.24, 2.45) is 0 Å². The third kappa shape index (κ3) is 4.07. The van der Waals surface area contributed by atoms with Gasteiger partial charge in [0.2, 0.25) is 0 Å². The molecule has 28 heavy (non-hydrogen) atoms. The van der Waals surface area contributed by atoms with Gasteiger partial charge in [0, 0.05) is 11.6 Å². The number of rotatable bonds is 5. The average molecular weight is 401 g/mol. The molecule has 0 radical (unpaired) electrons. The predicted octanol–water partition coefficient (Wildman–Crippen LogP) is 4.17. The standard InChI is InChI=1S/C19H13F2N3O3S/c1-10-7-16(24-18(25)15-3-2-6-27-15)28-17(10)19(26)23-14(9-22)12-5-4-11(20)8-13(12)21/h2-8,14H,1H3,(H,23,26)(H,24,25). The molecule has 0 spiro atoms. The number of carbonyl (C=O) groups is 2. The minimum atomic E-state index is -1.30. The highest BCUT2D eigenvalue weighted by Gasteiger charge is 2.22. The van der Waals surface area contributed by atoms with Crippen LogP contribution in [0.15, 0.2) is 47.1 Å². The van der Waals surface area contributed by atoms with Gasteiger partial charge in [-0.2, -0.15) is 5.26 Å². The Hall–Kier alpha value is -3.51. The van der Waals surface area contributed by atoms with Crippen LogP contribution >= 0.6 is 11.3 Å². The number of furan rings is 1. The number of aryl methyl sites for hydroxylation is 1. The van der Waals surface area contributed by atoms with Gasteiger partial charge in [0.1, 0.15) is 17.7 Å². The molecule has 0 aliphatic heterocycles. The van der Waals surface area contributed by atoms with Crippen LogP contribution in [0, 0.1) is 29.9 Å². The molecule has 2 amide bonds. The van der Waals surface area contributed by atoms with E-state index >= 15 is 0 Å². The molecule has 6 nitrogen and oxygen atoms in total. The van der Waals surface area contributed by atoms with Crippen LogP contribution in [0.2, 0.25) is 0 Å². The summed E-state index contributed by atoms with van der Waals surface area (Å²) in [7, 11) is 0. The Morgan fingerprint density at radius 1 is 1.21 bits per heavy atom. The molecule has 1 aromatic carbocycles. The highest BCUT2D eigenvalue weighted by Crippen LogP contribution is 2.28. The maximum absolute atomic E-state index is 13.9. The van der Waals surface area contributed by atoms with Gasteiger partial charge in [-0.15, -0.1) is 11.3 Å². The Labute approximate surface area is 162 Å². The third-order valence-corrected chi connectivity index (χ3v) is 4.94. The number of thiophene rings is 1. The summed E-state index contributed by atoms with van der Waals surface area (Å²) in [5.74, 6) is -2.68. The van der Waals surface area contributed by atoms with E-state index < -0.39 is 29.5 Å². The summed E-state index contributed by atoms with van der Waals surface area (Å²) in [6.07, 6.45) is 1.37. The molecule has 0 saturated heterocycles. The summed E-state index contributed by atoms with van der Waals surface area (Å²) in [5, 5.41) is 14.7. The van der Waals surface area contributed by atoms with Crippen LogP contribution in [0.5, 0.6) is 0 Å². The molecular formula is C19H13F2N3O3S. The zero-order chi connectivity index (χ0) is 20.3. The molecule has 3 rings (SSSR count). The summed E-state index contributed by atoms with van der Waals surface area (Å²) in [4.78, 5) is 24.8. The molecule has 0 saturated carbocycles. The lowest BCUT2D eigenvalue weighted by Gasteiger charge is -2.12. The van der Waals surface area contributed by atoms with Gasteiger partial charge in [-0.05, 0) is 36.8 Å². The smallest absolute Gasteiger partial charge is 0.291 e. The lowest BCUT2D eigenvalue weighted by atomic mass is 10.1. The van der Waals surface area contributed by atoms with Crippen molar-refractivity contribution in [1.29, 1.82) is 5.26 Å². The molecule has 0 fully saturated rings. The Morgan fingerprint density at radius 3 is 2.64 bits per heavy atom. The number of hydrogen-bond donors (Lipinski definition) is 2. The molecule has 142 valence electrons. The zero-order valence-corrected chi connectivity index (χ0v) is 15.3. The van der Waals surface area contributed by atoms with Gasteiger partial charge < -0.3 is 15.1 Å². The number of benzene rings is 1. The number of anilines is 1. The molecule has 0 aliphatic rings. The molecule has 2 N–H and O–H groups in total. The van der Waals surface area contributed by atoms with Crippen molar-refractivity contribution in [2.75, 3.05) is 5.32 Å². The quantitative estimate of drug-likeness (QED) is 0.671. The highest BCUT2D eigenvalue weighted by molar-refractivity contribution is 7.18. The van der Waals surface area contributed by atoms with E-state index in [1.165, 1.54) is 12.3 Å². The lowest BCUT2D eigenvalue weighted by molar-refractivity contribution is 0.0947. The van der Waals surface area contributed by atoms with Gasteiger partial charge in [0.15, 0.2) is 5.76 Å². The molecule has 1 atom stereocenters. The molecule has 3 aromatic rings. The Morgan fingerprint density at radius 2 is 2.00 bits per heavy atom. The van der Waals surface area contributed by atoms with E-state index in [2.05, 4.69) is 10.6 Å². The molecule has 9 heteroatoms. The summed E-state index contributed by atoms with van der Waals surface area (Å²) < 4.78 is 32.0. The predicted molar refractivity (Wildman–Crippen MR) is 97.9 cm³/mol. The number of carbonyl (C=O) groups excluding carboxylic acids is 2. The number of nitrogens with one attached hydrogen (secondary N) is 2. The second kappa shape index (κ2) is 8.02. The van der Waals surface area contributed by atoms with Crippen LogP contribution < -0.4 is 10.6 Å².